The highest BCUT2D eigenvalue weighted by atomic mass is 32.2. The van der Waals surface area contributed by atoms with E-state index in [1.807, 2.05) is 7.05 Å². The summed E-state index contributed by atoms with van der Waals surface area (Å²) < 4.78 is 5.41. The second-order valence-electron chi connectivity index (χ2n) is 5.30. The zero-order valence-electron chi connectivity index (χ0n) is 10.6. The van der Waals surface area contributed by atoms with E-state index in [-0.39, 0.29) is 17.5 Å². The first-order valence-electron chi connectivity index (χ1n) is 6.50. The molecule has 0 aliphatic carbocycles. The SMILES string of the molecule is CN1CCC(N=C2NC3(CCOCC3)CS2)C1=O. The van der Waals surface area contributed by atoms with Crippen LogP contribution in [0.3, 0.4) is 0 Å². The third-order valence-electron chi connectivity index (χ3n) is 3.98. The number of nitrogens with zero attached hydrogens (tertiary/aromatic N) is 2. The number of ether oxygens (including phenoxy) is 1. The molecule has 0 aromatic heterocycles. The first-order chi connectivity index (χ1) is 8.69. The Kier molecular flexibility index (Phi) is 3.23. The molecule has 1 amide bonds. The van der Waals surface area contributed by atoms with Gasteiger partial charge < -0.3 is 15.0 Å². The van der Waals surface area contributed by atoms with Gasteiger partial charge in [0.05, 0.1) is 5.54 Å². The number of aliphatic imine (C=N–C) groups is 1. The van der Waals surface area contributed by atoms with Gasteiger partial charge in [-0.25, -0.2) is 4.99 Å². The third kappa shape index (κ3) is 2.23. The summed E-state index contributed by atoms with van der Waals surface area (Å²) in [6.45, 7) is 2.47. The molecule has 1 atom stereocenters. The minimum atomic E-state index is -0.167. The lowest BCUT2D eigenvalue weighted by atomic mass is 9.93. The number of nitrogens with one attached hydrogen (secondary N) is 1. The molecule has 3 aliphatic rings. The van der Waals surface area contributed by atoms with Crippen molar-refractivity contribution in [1.82, 2.24) is 10.2 Å². The van der Waals surface area contributed by atoms with Crippen LogP contribution < -0.4 is 5.32 Å². The van der Waals surface area contributed by atoms with Crippen LogP contribution in [0, 0.1) is 0 Å². The summed E-state index contributed by atoms with van der Waals surface area (Å²) in [6.07, 6.45) is 2.92. The van der Waals surface area contributed by atoms with E-state index in [0.717, 1.165) is 49.9 Å². The Hall–Kier alpha value is -0.750. The van der Waals surface area contributed by atoms with Crippen molar-refractivity contribution in [3.05, 3.63) is 0 Å². The van der Waals surface area contributed by atoms with Crippen molar-refractivity contribution < 1.29 is 9.53 Å². The first kappa shape index (κ1) is 12.3. The topological polar surface area (TPSA) is 53.9 Å². The van der Waals surface area contributed by atoms with Gasteiger partial charge in [-0.3, -0.25) is 4.79 Å². The molecule has 0 saturated carbocycles. The fraction of sp³-hybridized carbons (Fsp3) is 0.833. The van der Waals surface area contributed by atoms with Gasteiger partial charge in [0.1, 0.15) is 6.04 Å². The van der Waals surface area contributed by atoms with Crippen molar-refractivity contribution in [3.8, 4) is 0 Å². The molecule has 1 N–H and O–H groups in total. The minimum Gasteiger partial charge on any atom is -0.381 e. The van der Waals surface area contributed by atoms with Gasteiger partial charge in [0.2, 0.25) is 5.91 Å². The van der Waals surface area contributed by atoms with Crippen LogP contribution in [0.4, 0.5) is 0 Å². The Morgan fingerprint density at radius 3 is 2.94 bits per heavy atom. The largest absolute Gasteiger partial charge is 0.381 e. The summed E-state index contributed by atoms with van der Waals surface area (Å²) in [7, 11) is 1.84. The Bertz CT molecular complexity index is 380. The fourth-order valence-electron chi connectivity index (χ4n) is 2.67. The zero-order valence-corrected chi connectivity index (χ0v) is 11.5. The molecule has 1 unspecified atom stereocenters. The highest BCUT2D eigenvalue weighted by Crippen LogP contribution is 2.32. The fourth-order valence-corrected chi connectivity index (χ4v) is 3.94. The molecule has 0 aromatic rings. The molecule has 3 fully saturated rings. The van der Waals surface area contributed by atoms with E-state index in [1.54, 1.807) is 16.7 Å². The molecule has 0 radical (unpaired) electrons. The van der Waals surface area contributed by atoms with Crippen LogP contribution in [-0.2, 0) is 9.53 Å². The number of carbonyl (C=O) groups excluding carboxylic acids is 1. The van der Waals surface area contributed by atoms with Gasteiger partial charge in [-0.05, 0) is 19.3 Å². The lowest BCUT2D eigenvalue weighted by Crippen LogP contribution is -2.48. The summed E-state index contributed by atoms with van der Waals surface area (Å²) in [6, 6.07) is -0.167. The highest BCUT2D eigenvalue weighted by Gasteiger charge is 2.39. The standard InChI is InChI=1S/C12H19N3O2S/c1-15-5-2-9(10(15)16)13-11-14-12(8-18-11)3-6-17-7-4-12/h9H,2-8H2,1H3,(H,13,14). The average molecular weight is 269 g/mol. The molecule has 3 rings (SSSR count). The smallest absolute Gasteiger partial charge is 0.247 e. The maximum absolute atomic E-state index is 11.8. The molecule has 0 bridgehead atoms. The van der Waals surface area contributed by atoms with Gasteiger partial charge in [0.25, 0.3) is 0 Å². The summed E-state index contributed by atoms with van der Waals surface area (Å²) in [5.74, 6) is 1.20. The van der Waals surface area contributed by atoms with Gasteiger partial charge in [0.15, 0.2) is 5.17 Å². The molecule has 3 heterocycles. The van der Waals surface area contributed by atoms with Crippen molar-refractivity contribution in [3.63, 3.8) is 0 Å². The number of thioether (sulfide) groups is 1. The second kappa shape index (κ2) is 4.74. The number of amidine groups is 1. The van der Waals surface area contributed by atoms with E-state index < -0.39 is 0 Å². The number of hydrogen-bond acceptors (Lipinski definition) is 4. The number of likely N-dealkylation sites (tertiary alicyclic amines) is 1. The molecule has 5 nitrogen and oxygen atoms in total. The van der Waals surface area contributed by atoms with E-state index >= 15 is 0 Å². The summed E-state index contributed by atoms with van der Waals surface area (Å²) in [5.41, 5.74) is 0.162. The molecule has 3 saturated heterocycles. The summed E-state index contributed by atoms with van der Waals surface area (Å²) in [5, 5.41) is 4.48. The van der Waals surface area contributed by atoms with Gasteiger partial charge in [-0.2, -0.15) is 0 Å². The van der Waals surface area contributed by atoms with E-state index in [0.29, 0.717) is 0 Å². The molecule has 1 spiro atoms. The zero-order chi connectivity index (χ0) is 12.6. The average Bonchev–Trinajstić information content (AvgIpc) is 2.90. The van der Waals surface area contributed by atoms with E-state index in [2.05, 4.69) is 10.3 Å². The molecule has 0 aromatic carbocycles. The Morgan fingerprint density at radius 1 is 1.50 bits per heavy atom. The summed E-state index contributed by atoms with van der Waals surface area (Å²) in [4.78, 5) is 18.2. The van der Waals surface area contributed by atoms with Crippen molar-refractivity contribution in [2.45, 2.75) is 30.8 Å². The van der Waals surface area contributed by atoms with Crippen LogP contribution in [-0.4, -0.2) is 60.1 Å². The third-order valence-corrected chi connectivity index (χ3v) is 5.16. The molecule has 3 aliphatic heterocycles. The van der Waals surface area contributed by atoms with Gasteiger partial charge in [-0.1, -0.05) is 11.8 Å². The molecule has 18 heavy (non-hydrogen) atoms. The van der Waals surface area contributed by atoms with Crippen LogP contribution in [0.15, 0.2) is 4.99 Å². The maximum atomic E-state index is 11.8. The number of rotatable bonds is 1. The predicted octanol–water partition coefficient (Wildman–Crippen LogP) is 0.459. The van der Waals surface area contributed by atoms with Gasteiger partial charge in [0, 0.05) is 32.6 Å². The summed E-state index contributed by atoms with van der Waals surface area (Å²) >= 11 is 1.75. The van der Waals surface area contributed by atoms with Gasteiger partial charge in [-0.15, -0.1) is 0 Å². The van der Waals surface area contributed by atoms with E-state index in [9.17, 15) is 4.79 Å². The van der Waals surface area contributed by atoms with Crippen LogP contribution in [0.5, 0.6) is 0 Å². The van der Waals surface area contributed by atoms with Crippen molar-refractivity contribution in [2.75, 3.05) is 32.6 Å². The number of hydrogen-bond donors (Lipinski definition) is 1. The predicted molar refractivity (Wildman–Crippen MR) is 71.9 cm³/mol. The molecular weight excluding hydrogens is 250 g/mol. The van der Waals surface area contributed by atoms with Crippen molar-refractivity contribution >= 4 is 22.8 Å². The monoisotopic (exact) mass is 269 g/mol. The number of likely N-dealkylation sites (N-methyl/N-ethyl adjacent to an activating group) is 1. The Morgan fingerprint density at radius 2 is 2.28 bits per heavy atom. The minimum absolute atomic E-state index is 0.151. The first-order valence-corrected chi connectivity index (χ1v) is 7.49. The second-order valence-corrected chi connectivity index (χ2v) is 6.27. The van der Waals surface area contributed by atoms with Crippen molar-refractivity contribution in [2.24, 2.45) is 4.99 Å². The lowest BCUT2D eigenvalue weighted by Gasteiger charge is -2.32. The Balaban J connectivity index is 1.66. The van der Waals surface area contributed by atoms with Crippen LogP contribution in [0.2, 0.25) is 0 Å². The number of amides is 1. The van der Waals surface area contributed by atoms with Crippen molar-refractivity contribution in [1.29, 1.82) is 0 Å². The van der Waals surface area contributed by atoms with Crippen LogP contribution >= 0.6 is 11.8 Å². The molecule has 100 valence electrons. The highest BCUT2D eigenvalue weighted by molar-refractivity contribution is 8.14. The molecule has 6 heteroatoms. The van der Waals surface area contributed by atoms with Crippen LogP contribution in [0.25, 0.3) is 0 Å². The van der Waals surface area contributed by atoms with Gasteiger partial charge >= 0.3 is 0 Å². The Labute approximate surface area is 111 Å². The van der Waals surface area contributed by atoms with E-state index in [1.165, 1.54) is 0 Å². The quantitative estimate of drug-likeness (QED) is 0.751. The molecular formula is C12H19N3O2S. The lowest BCUT2D eigenvalue weighted by molar-refractivity contribution is -0.127. The number of carbonyl (C=O) groups is 1. The van der Waals surface area contributed by atoms with E-state index in [4.69, 9.17) is 4.74 Å². The maximum Gasteiger partial charge on any atom is 0.247 e. The normalized spacial score (nSPS) is 33.4. The van der Waals surface area contributed by atoms with Crippen LogP contribution in [0.1, 0.15) is 19.3 Å².